The number of hydrogen-bond donors (Lipinski definition) is 0. The molecular formula is C14H29NO. The Balaban J connectivity index is 2.96. The van der Waals surface area contributed by atoms with Crippen LogP contribution < -0.4 is 0 Å². The van der Waals surface area contributed by atoms with Crippen LogP contribution in [0.15, 0.2) is 0 Å². The van der Waals surface area contributed by atoms with Crippen LogP contribution >= 0.6 is 0 Å². The first-order valence-corrected chi connectivity index (χ1v) is 6.40. The Morgan fingerprint density at radius 1 is 0.938 bits per heavy atom. The number of nitrogens with zero attached hydrogens (tertiary/aromatic N) is 1. The molecule has 96 valence electrons. The van der Waals surface area contributed by atoms with Crippen molar-refractivity contribution in [3.05, 3.63) is 0 Å². The molecule has 1 unspecified atom stereocenters. The van der Waals surface area contributed by atoms with E-state index in [1.165, 1.54) is 0 Å². The van der Waals surface area contributed by atoms with Gasteiger partial charge in [-0.05, 0) is 31.1 Å². The van der Waals surface area contributed by atoms with Crippen LogP contribution in [0.3, 0.4) is 0 Å². The molecule has 1 fully saturated rings. The van der Waals surface area contributed by atoms with Crippen molar-refractivity contribution in [1.82, 2.24) is 5.06 Å². The third-order valence-electron chi connectivity index (χ3n) is 4.29. The van der Waals surface area contributed by atoms with E-state index in [4.69, 9.17) is 4.84 Å². The second-order valence-corrected chi connectivity index (χ2v) is 7.64. The van der Waals surface area contributed by atoms with Gasteiger partial charge in [0.15, 0.2) is 0 Å². The summed E-state index contributed by atoms with van der Waals surface area (Å²) >= 11 is 0. The standard InChI is InChI=1S/C14H29NO/c1-12(2,3)11-9-10-16-15(11)14(7,8)13(4,5)6/h11H,9-10H2,1-8H3. The van der Waals surface area contributed by atoms with E-state index >= 15 is 0 Å². The van der Waals surface area contributed by atoms with E-state index in [2.05, 4.69) is 60.5 Å². The van der Waals surface area contributed by atoms with Crippen LogP contribution in [-0.2, 0) is 4.84 Å². The van der Waals surface area contributed by atoms with Gasteiger partial charge in [-0.2, -0.15) is 5.06 Å². The van der Waals surface area contributed by atoms with Gasteiger partial charge in [-0.3, -0.25) is 4.84 Å². The Kier molecular flexibility index (Phi) is 3.49. The van der Waals surface area contributed by atoms with Gasteiger partial charge in [0.25, 0.3) is 0 Å². The van der Waals surface area contributed by atoms with Crippen molar-refractivity contribution in [2.24, 2.45) is 10.8 Å². The van der Waals surface area contributed by atoms with Crippen molar-refractivity contribution in [1.29, 1.82) is 0 Å². The summed E-state index contributed by atoms with van der Waals surface area (Å²) < 4.78 is 0. The van der Waals surface area contributed by atoms with Crippen LogP contribution in [0.4, 0.5) is 0 Å². The first-order chi connectivity index (χ1) is 6.98. The van der Waals surface area contributed by atoms with Crippen molar-refractivity contribution in [2.75, 3.05) is 6.61 Å². The van der Waals surface area contributed by atoms with Gasteiger partial charge in [-0.1, -0.05) is 41.5 Å². The summed E-state index contributed by atoms with van der Waals surface area (Å²) in [4.78, 5) is 5.92. The molecule has 2 heteroatoms. The molecule has 16 heavy (non-hydrogen) atoms. The van der Waals surface area contributed by atoms with Crippen molar-refractivity contribution in [3.63, 3.8) is 0 Å². The fourth-order valence-corrected chi connectivity index (χ4v) is 2.14. The molecule has 0 aromatic rings. The molecule has 0 radical (unpaired) electrons. The third-order valence-corrected chi connectivity index (χ3v) is 4.29. The Morgan fingerprint density at radius 3 is 1.81 bits per heavy atom. The summed E-state index contributed by atoms with van der Waals surface area (Å²) in [6.45, 7) is 19.2. The molecule has 0 aromatic heterocycles. The Labute approximate surface area is 101 Å². The fourth-order valence-electron chi connectivity index (χ4n) is 2.14. The topological polar surface area (TPSA) is 12.5 Å². The average molecular weight is 227 g/mol. The van der Waals surface area contributed by atoms with E-state index < -0.39 is 0 Å². The highest BCUT2D eigenvalue weighted by Gasteiger charge is 2.48. The maximum atomic E-state index is 5.92. The second kappa shape index (κ2) is 3.99. The first-order valence-electron chi connectivity index (χ1n) is 6.40. The van der Waals surface area contributed by atoms with Gasteiger partial charge in [0.05, 0.1) is 6.61 Å². The minimum Gasteiger partial charge on any atom is -0.298 e. The molecule has 1 saturated heterocycles. The van der Waals surface area contributed by atoms with Crippen LogP contribution in [0, 0.1) is 10.8 Å². The number of rotatable bonds is 1. The minimum atomic E-state index is 0.0570. The number of hydrogen-bond acceptors (Lipinski definition) is 2. The van der Waals surface area contributed by atoms with Gasteiger partial charge in [0, 0.05) is 11.6 Å². The zero-order valence-corrected chi connectivity index (χ0v) is 12.3. The molecule has 1 aliphatic rings. The third kappa shape index (κ3) is 2.43. The van der Waals surface area contributed by atoms with Gasteiger partial charge in [-0.15, -0.1) is 0 Å². The van der Waals surface area contributed by atoms with Crippen molar-refractivity contribution < 1.29 is 4.84 Å². The molecule has 0 aromatic carbocycles. The highest BCUT2D eigenvalue weighted by atomic mass is 16.7. The SMILES string of the molecule is CC(C)(C)C1CCON1C(C)(C)C(C)(C)C. The maximum absolute atomic E-state index is 5.92. The van der Waals surface area contributed by atoms with Crippen LogP contribution in [-0.4, -0.2) is 23.3 Å². The summed E-state index contributed by atoms with van der Waals surface area (Å²) in [5.41, 5.74) is 0.543. The van der Waals surface area contributed by atoms with Crippen molar-refractivity contribution in [3.8, 4) is 0 Å². The molecule has 0 aliphatic carbocycles. The Hall–Kier alpha value is -0.0800. The number of hydroxylamine groups is 2. The lowest BCUT2D eigenvalue weighted by Crippen LogP contribution is -2.56. The first kappa shape index (κ1) is 14.0. The monoisotopic (exact) mass is 227 g/mol. The molecule has 0 spiro atoms. The normalized spacial score (nSPS) is 25.1. The van der Waals surface area contributed by atoms with E-state index in [0.717, 1.165) is 13.0 Å². The Bertz CT molecular complexity index is 244. The quantitative estimate of drug-likeness (QED) is 0.674. The lowest BCUT2D eigenvalue weighted by Gasteiger charge is -2.49. The second-order valence-electron chi connectivity index (χ2n) is 7.64. The zero-order valence-electron chi connectivity index (χ0n) is 12.3. The van der Waals surface area contributed by atoms with E-state index in [-0.39, 0.29) is 16.4 Å². The summed E-state index contributed by atoms with van der Waals surface area (Å²) in [5, 5.41) is 2.26. The summed E-state index contributed by atoms with van der Waals surface area (Å²) in [5.74, 6) is 0. The van der Waals surface area contributed by atoms with Crippen LogP contribution in [0.1, 0.15) is 61.8 Å². The largest absolute Gasteiger partial charge is 0.298 e. The smallest absolute Gasteiger partial charge is 0.0701 e. The van der Waals surface area contributed by atoms with E-state index in [9.17, 15) is 0 Å². The zero-order chi connectivity index (χ0) is 12.8. The molecule has 0 saturated carbocycles. The molecule has 2 nitrogen and oxygen atoms in total. The van der Waals surface area contributed by atoms with Crippen LogP contribution in [0.2, 0.25) is 0 Å². The lowest BCUT2D eigenvalue weighted by atomic mass is 9.73. The Morgan fingerprint density at radius 2 is 1.44 bits per heavy atom. The van der Waals surface area contributed by atoms with Crippen LogP contribution in [0.25, 0.3) is 0 Å². The highest BCUT2D eigenvalue weighted by molar-refractivity contribution is 4.96. The van der Waals surface area contributed by atoms with Crippen LogP contribution in [0.5, 0.6) is 0 Å². The average Bonchev–Trinajstić information content (AvgIpc) is 2.47. The highest BCUT2D eigenvalue weighted by Crippen LogP contribution is 2.43. The molecule has 1 aliphatic heterocycles. The molecule has 1 atom stereocenters. The van der Waals surface area contributed by atoms with Crippen molar-refractivity contribution in [2.45, 2.75) is 73.4 Å². The molecule has 1 heterocycles. The van der Waals surface area contributed by atoms with E-state index in [1.807, 2.05) is 0 Å². The fraction of sp³-hybridized carbons (Fsp3) is 1.00. The van der Waals surface area contributed by atoms with Gasteiger partial charge in [0.2, 0.25) is 0 Å². The summed E-state index contributed by atoms with van der Waals surface area (Å²) in [7, 11) is 0. The van der Waals surface area contributed by atoms with Gasteiger partial charge in [0.1, 0.15) is 0 Å². The van der Waals surface area contributed by atoms with Gasteiger partial charge in [-0.25, -0.2) is 0 Å². The maximum Gasteiger partial charge on any atom is 0.0701 e. The molecule has 1 rings (SSSR count). The summed E-state index contributed by atoms with van der Waals surface area (Å²) in [6, 6.07) is 0.515. The van der Waals surface area contributed by atoms with Gasteiger partial charge >= 0.3 is 0 Å². The predicted octanol–water partition coefficient (Wildman–Crippen LogP) is 3.86. The summed E-state index contributed by atoms with van der Waals surface area (Å²) in [6.07, 6.45) is 1.14. The minimum absolute atomic E-state index is 0.0570. The lowest BCUT2D eigenvalue weighted by molar-refractivity contribution is -0.234. The van der Waals surface area contributed by atoms with Crippen molar-refractivity contribution >= 4 is 0 Å². The molecule has 0 N–H and O–H groups in total. The van der Waals surface area contributed by atoms with E-state index in [1.54, 1.807) is 0 Å². The molecular weight excluding hydrogens is 198 g/mol. The predicted molar refractivity (Wildman–Crippen MR) is 69.2 cm³/mol. The van der Waals surface area contributed by atoms with Gasteiger partial charge < -0.3 is 0 Å². The molecule has 0 amide bonds. The van der Waals surface area contributed by atoms with E-state index in [0.29, 0.717) is 6.04 Å². The molecule has 0 bridgehead atoms.